The minimum absolute atomic E-state index is 0.00618. The number of hydrogen-bond donors (Lipinski definition) is 1. The van der Waals surface area contributed by atoms with Crippen molar-refractivity contribution in [2.24, 2.45) is 0 Å². The van der Waals surface area contributed by atoms with Gasteiger partial charge in [0.15, 0.2) is 0 Å². The molecule has 7 nitrogen and oxygen atoms in total. The van der Waals surface area contributed by atoms with E-state index in [0.29, 0.717) is 17.7 Å². The molecule has 0 radical (unpaired) electrons. The first kappa shape index (κ1) is 29.3. The molecule has 3 aromatic carbocycles. The topological polar surface area (TPSA) is 86.8 Å². The Morgan fingerprint density at radius 3 is 2.13 bits per heavy atom. The summed E-state index contributed by atoms with van der Waals surface area (Å²) in [4.78, 5) is 28.2. The van der Waals surface area contributed by atoms with E-state index >= 15 is 0 Å². The van der Waals surface area contributed by atoms with Gasteiger partial charge in [0.25, 0.3) is 10.0 Å². The highest BCUT2D eigenvalue weighted by Gasteiger charge is 2.32. The largest absolute Gasteiger partial charge is 0.352 e. The summed E-state index contributed by atoms with van der Waals surface area (Å²) in [5.41, 5.74) is 0.896. The van der Waals surface area contributed by atoms with Crippen molar-refractivity contribution in [2.75, 3.05) is 10.8 Å². The Balaban J connectivity index is 2.00. The first-order valence-electron chi connectivity index (χ1n) is 12.2. The second-order valence-electron chi connectivity index (χ2n) is 8.94. The summed E-state index contributed by atoms with van der Waals surface area (Å²) < 4.78 is 42.7. The minimum Gasteiger partial charge on any atom is -0.352 e. The molecule has 3 rings (SSSR count). The third-order valence-electron chi connectivity index (χ3n) is 6.16. The van der Waals surface area contributed by atoms with Gasteiger partial charge in [0.2, 0.25) is 11.8 Å². The highest BCUT2D eigenvalue weighted by Crippen LogP contribution is 2.26. The highest BCUT2D eigenvalue weighted by atomic mass is 79.9. The number of nitrogens with one attached hydrogen (secondary N) is 1. The van der Waals surface area contributed by atoms with Crippen LogP contribution in [0.1, 0.15) is 32.8 Å². The van der Waals surface area contributed by atoms with E-state index in [0.717, 1.165) is 8.78 Å². The molecule has 2 amide bonds. The quantitative estimate of drug-likeness (QED) is 0.330. The first-order valence-corrected chi connectivity index (χ1v) is 14.4. The second-order valence-corrected chi connectivity index (χ2v) is 11.7. The van der Waals surface area contributed by atoms with Gasteiger partial charge < -0.3 is 10.2 Å². The van der Waals surface area contributed by atoms with Crippen LogP contribution in [0, 0.1) is 5.82 Å². The average molecular weight is 605 g/mol. The van der Waals surface area contributed by atoms with E-state index in [1.807, 2.05) is 13.8 Å². The van der Waals surface area contributed by atoms with Gasteiger partial charge in [-0.2, -0.15) is 0 Å². The number of sulfonamides is 1. The SMILES string of the molecule is CC[C@@H](C)NC(=O)[C@H](C)N(Cc1ccc(F)cc1)C(=O)CN(c1ccc(Br)cc1)S(=O)(=O)c1ccccc1. The van der Waals surface area contributed by atoms with Crippen LogP contribution in [0.3, 0.4) is 0 Å². The number of nitrogens with zero attached hydrogens (tertiary/aromatic N) is 2. The monoisotopic (exact) mass is 603 g/mol. The van der Waals surface area contributed by atoms with Crippen molar-refractivity contribution in [3.05, 3.63) is 94.7 Å². The van der Waals surface area contributed by atoms with Crippen LogP contribution >= 0.6 is 15.9 Å². The van der Waals surface area contributed by atoms with Gasteiger partial charge in [-0.1, -0.05) is 53.2 Å². The summed E-state index contributed by atoms with van der Waals surface area (Å²) in [6.45, 7) is 4.84. The predicted molar refractivity (Wildman–Crippen MR) is 149 cm³/mol. The Labute approximate surface area is 231 Å². The van der Waals surface area contributed by atoms with Crippen LogP contribution in [0.5, 0.6) is 0 Å². The van der Waals surface area contributed by atoms with E-state index in [-0.39, 0.29) is 23.4 Å². The van der Waals surface area contributed by atoms with E-state index < -0.39 is 34.3 Å². The van der Waals surface area contributed by atoms with Gasteiger partial charge >= 0.3 is 0 Å². The van der Waals surface area contributed by atoms with Crippen LogP contribution in [-0.4, -0.2) is 43.8 Å². The van der Waals surface area contributed by atoms with Crippen LogP contribution in [0.4, 0.5) is 10.1 Å². The van der Waals surface area contributed by atoms with Crippen molar-refractivity contribution < 1.29 is 22.4 Å². The van der Waals surface area contributed by atoms with Gasteiger partial charge in [0.05, 0.1) is 10.6 Å². The average Bonchev–Trinajstić information content (AvgIpc) is 2.91. The lowest BCUT2D eigenvalue weighted by Crippen LogP contribution is -2.52. The zero-order valence-electron chi connectivity index (χ0n) is 21.5. The molecule has 1 N–H and O–H groups in total. The van der Waals surface area contributed by atoms with Crippen molar-refractivity contribution in [1.82, 2.24) is 10.2 Å². The van der Waals surface area contributed by atoms with Gasteiger partial charge in [-0.3, -0.25) is 13.9 Å². The summed E-state index contributed by atoms with van der Waals surface area (Å²) in [6, 6.07) is 19.0. The maximum Gasteiger partial charge on any atom is 0.264 e. The molecule has 0 aromatic heterocycles. The van der Waals surface area contributed by atoms with Crippen LogP contribution in [0.25, 0.3) is 0 Å². The fourth-order valence-corrected chi connectivity index (χ4v) is 5.39. The van der Waals surface area contributed by atoms with E-state index in [4.69, 9.17) is 0 Å². The van der Waals surface area contributed by atoms with Gasteiger partial charge in [-0.05, 0) is 74.4 Å². The Hall–Kier alpha value is -3.24. The molecule has 0 heterocycles. The molecule has 3 aromatic rings. The van der Waals surface area contributed by atoms with Crippen LogP contribution in [0.2, 0.25) is 0 Å². The predicted octanol–water partition coefficient (Wildman–Crippen LogP) is 5.12. The Bertz CT molecular complexity index is 1340. The number of carbonyl (C=O) groups excluding carboxylic acids is 2. The van der Waals surface area contributed by atoms with E-state index in [2.05, 4.69) is 21.2 Å². The van der Waals surface area contributed by atoms with E-state index in [1.54, 1.807) is 49.4 Å². The molecule has 0 spiro atoms. The second kappa shape index (κ2) is 13.0. The number of anilines is 1. The van der Waals surface area contributed by atoms with Gasteiger partial charge in [0.1, 0.15) is 18.4 Å². The smallest absolute Gasteiger partial charge is 0.264 e. The lowest BCUT2D eigenvalue weighted by atomic mass is 10.1. The molecule has 0 saturated carbocycles. The molecule has 0 saturated heterocycles. The van der Waals surface area contributed by atoms with Crippen LogP contribution in [-0.2, 0) is 26.2 Å². The standard InChI is InChI=1S/C28H31BrFN3O4S/c1-4-20(2)31-28(35)21(3)32(18-22-10-14-24(30)15-11-22)27(34)19-33(25-16-12-23(29)13-17-25)38(36,37)26-8-6-5-7-9-26/h5-17,20-21H,4,18-19H2,1-3H3,(H,31,35)/t20-,21+/m1/s1. The van der Waals surface area contributed by atoms with E-state index in [1.165, 1.54) is 41.3 Å². The number of benzene rings is 3. The fourth-order valence-electron chi connectivity index (χ4n) is 3.69. The maximum absolute atomic E-state index is 13.8. The van der Waals surface area contributed by atoms with Crippen molar-refractivity contribution in [1.29, 1.82) is 0 Å². The van der Waals surface area contributed by atoms with Crippen LogP contribution in [0.15, 0.2) is 88.2 Å². The van der Waals surface area contributed by atoms with Crippen molar-refractivity contribution in [3.63, 3.8) is 0 Å². The molecule has 0 bridgehead atoms. The number of halogens is 2. The molecule has 0 aliphatic carbocycles. The van der Waals surface area contributed by atoms with Crippen molar-refractivity contribution >= 4 is 43.5 Å². The molecule has 202 valence electrons. The van der Waals surface area contributed by atoms with Gasteiger partial charge in [0, 0.05) is 17.1 Å². The third-order valence-corrected chi connectivity index (χ3v) is 8.48. The summed E-state index contributed by atoms with van der Waals surface area (Å²) in [6.07, 6.45) is 0.705. The lowest BCUT2D eigenvalue weighted by Gasteiger charge is -2.32. The fraction of sp³-hybridized carbons (Fsp3) is 0.286. The molecular weight excluding hydrogens is 573 g/mol. The van der Waals surface area contributed by atoms with E-state index in [9.17, 15) is 22.4 Å². The summed E-state index contributed by atoms with van der Waals surface area (Å²) in [5.74, 6) is -1.37. The number of carbonyl (C=O) groups is 2. The molecule has 0 unspecified atom stereocenters. The molecular formula is C28H31BrFN3O4S. The Morgan fingerprint density at radius 2 is 1.55 bits per heavy atom. The van der Waals surface area contributed by atoms with Crippen molar-refractivity contribution in [3.8, 4) is 0 Å². The molecule has 10 heteroatoms. The number of rotatable bonds is 11. The van der Waals surface area contributed by atoms with Crippen LogP contribution < -0.4 is 9.62 Å². The normalized spacial score (nSPS) is 12.9. The Kier molecular flexibility index (Phi) is 10.0. The highest BCUT2D eigenvalue weighted by molar-refractivity contribution is 9.10. The third kappa shape index (κ3) is 7.41. The molecule has 0 fully saturated rings. The Morgan fingerprint density at radius 1 is 0.947 bits per heavy atom. The molecule has 0 aliphatic heterocycles. The minimum atomic E-state index is -4.12. The number of hydrogen-bond acceptors (Lipinski definition) is 4. The van der Waals surface area contributed by atoms with Crippen molar-refractivity contribution in [2.45, 2.75) is 50.7 Å². The van der Waals surface area contributed by atoms with Gasteiger partial charge in [-0.15, -0.1) is 0 Å². The summed E-state index contributed by atoms with van der Waals surface area (Å²) >= 11 is 3.35. The number of amides is 2. The first-order chi connectivity index (χ1) is 18.0. The molecule has 38 heavy (non-hydrogen) atoms. The maximum atomic E-state index is 13.8. The zero-order valence-corrected chi connectivity index (χ0v) is 23.9. The zero-order chi connectivity index (χ0) is 27.9. The molecule has 0 aliphatic rings. The summed E-state index contributed by atoms with van der Waals surface area (Å²) in [7, 11) is -4.12. The molecule has 2 atom stereocenters. The summed E-state index contributed by atoms with van der Waals surface area (Å²) in [5, 5.41) is 2.88. The lowest BCUT2D eigenvalue weighted by molar-refractivity contribution is -0.139. The van der Waals surface area contributed by atoms with Gasteiger partial charge in [-0.25, -0.2) is 12.8 Å².